The van der Waals surface area contributed by atoms with Crippen molar-refractivity contribution in [3.8, 4) is 0 Å². The molecule has 19 heavy (non-hydrogen) atoms. The molecule has 2 aliphatic heterocycles. The normalized spacial score (nSPS) is 40.8. The van der Waals surface area contributed by atoms with E-state index in [1.54, 1.807) is 0 Å². The van der Waals surface area contributed by atoms with Gasteiger partial charge in [0, 0.05) is 12.8 Å². The van der Waals surface area contributed by atoms with E-state index >= 15 is 0 Å². The lowest BCUT2D eigenvalue weighted by molar-refractivity contribution is -0.191. The number of alkyl halides is 2. The minimum Gasteiger partial charge on any atom is -0.458 e. The highest BCUT2D eigenvalue weighted by molar-refractivity contribution is 5.77. The monoisotopic (exact) mass is 274 g/mol. The molecule has 4 fully saturated rings. The Morgan fingerprint density at radius 3 is 2.74 bits per heavy atom. The fourth-order valence-electron chi connectivity index (χ4n) is 3.66. The molecule has 5 unspecified atom stereocenters. The Morgan fingerprint density at radius 2 is 2.05 bits per heavy atom. The fourth-order valence-corrected chi connectivity index (χ4v) is 3.66. The summed E-state index contributed by atoms with van der Waals surface area (Å²) in [5.41, 5.74) is 0. The summed E-state index contributed by atoms with van der Waals surface area (Å²) in [7, 11) is 0. The lowest BCUT2D eigenvalue weighted by atomic mass is 9.67. The van der Waals surface area contributed by atoms with Gasteiger partial charge in [0.1, 0.15) is 12.2 Å². The third-order valence-electron chi connectivity index (χ3n) is 4.44. The zero-order valence-corrected chi connectivity index (χ0v) is 10.6. The van der Waals surface area contributed by atoms with E-state index < -0.39 is 24.1 Å². The Hall–Kier alpha value is -1.20. The van der Waals surface area contributed by atoms with Crippen LogP contribution in [0, 0.1) is 17.8 Å². The van der Waals surface area contributed by atoms with Gasteiger partial charge in [0.2, 0.25) is 0 Å². The molecule has 0 amide bonds. The Labute approximate surface area is 109 Å². The zero-order chi connectivity index (χ0) is 13.8. The largest absolute Gasteiger partial charge is 0.458 e. The predicted octanol–water partition coefficient (Wildman–Crippen LogP) is 1.92. The number of carbonyl (C=O) groups is 2. The number of halogens is 2. The standard InChI is InChI=1S/C13H16F2O4/c1-13(14,15)12(17)19-10-7-2-6-3-8(5-7)11(16)18-9(10)4-6/h6-10H,2-5H2,1H3. The summed E-state index contributed by atoms with van der Waals surface area (Å²) in [4.78, 5) is 23.1. The molecule has 2 heterocycles. The number of fused-ring (bicyclic) bond motifs is 1. The summed E-state index contributed by atoms with van der Waals surface area (Å²) < 4.78 is 36.1. The summed E-state index contributed by atoms with van der Waals surface area (Å²) in [6.45, 7) is 0.519. The van der Waals surface area contributed by atoms with Crippen molar-refractivity contribution in [2.24, 2.45) is 17.8 Å². The summed E-state index contributed by atoms with van der Waals surface area (Å²) in [6, 6.07) is 0. The molecule has 0 N–H and O–H groups in total. The van der Waals surface area contributed by atoms with Gasteiger partial charge in [-0.3, -0.25) is 4.79 Å². The van der Waals surface area contributed by atoms with Gasteiger partial charge < -0.3 is 9.47 Å². The van der Waals surface area contributed by atoms with Crippen LogP contribution < -0.4 is 0 Å². The highest BCUT2D eigenvalue weighted by Crippen LogP contribution is 2.48. The second-order valence-electron chi connectivity index (χ2n) is 6.00. The molecule has 106 valence electrons. The van der Waals surface area contributed by atoms with Gasteiger partial charge in [-0.05, 0) is 31.6 Å². The number of rotatable bonds is 2. The van der Waals surface area contributed by atoms with Crippen molar-refractivity contribution in [2.45, 2.75) is 50.7 Å². The predicted molar refractivity (Wildman–Crippen MR) is 59.3 cm³/mol. The maximum absolute atomic E-state index is 12.9. The quantitative estimate of drug-likeness (QED) is 0.722. The number of ether oxygens (including phenoxy) is 2. The van der Waals surface area contributed by atoms with E-state index in [2.05, 4.69) is 0 Å². The molecule has 0 aromatic rings. The summed E-state index contributed by atoms with van der Waals surface area (Å²) in [5, 5.41) is 0. The van der Waals surface area contributed by atoms with Gasteiger partial charge in [-0.2, -0.15) is 8.78 Å². The number of hydrogen-bond donors (Lipinski definition) is 0. The van der Waals surface area contributed by atoms with E-state index in [-0.39, 0.29) is 17.8 Å². The Balaban J connectivity index is 1.80. The highest BCUT2D eigenvalue weighted by Gasteiger charge is 2.52. The molecule has 0 radical (unpaired) electrons. The van der Waals surface area contributed by atoms with E-state index in [9.17, 15) is 18.4 Å². The third-order valence-corrected chi connectivity index (χ3v) is 4.44. The first kappa shape index (κ1) is 12.8. The van der Waals surface area contributed by atoms with E-state index in [0.29, 0.717) is 25.7 Å². The smallest absolute Gasteiger partial charge is 0.377 e. The molecule has 5 atom stereocenters. The molecule has 0 aromatic heterocycles. The number of esters is 2. The van der Waals surface area contributed by atoms with Gasteiger partial charge >= 0.3 is 17.9 Å². The van der Waals surface area contributed by atoms with Gasteiger partial charge in [-0.25, -0.2) is 4.79 Å². The molecular weight excluding hydrogens is 258 g/mol. The topological polar surface area (TPSA) is 52.6 Å². The maximum atomic E-state index is 12.9. The summed E-state index contributed by atoms with van der Waals surface area (Å²) >= 11 is 0. The molecular formula is C13H16F2O4. The second kappa shape index (κ2) is 4.15. The Morgan fingerprint density at radius 1 is 1.32 bits per heavy atom. The van der Waals surface area contributed by atoms with E-state index in [1.165, 1.54) is 0 Å². The van der Waals surface area contributed by atoms with Crippen LogP contribution in [0.4, 0.5) is 8.78 Å². The number of carbonyl (C=O) groups excluding carboxylic acids is 2. The van der Waals surface area contributed by atoms with Crippen molar-refractivity contribution in [2.75, 3.05) is 0 Å². The van der Waals surface area contributed by atoms with Crippen LogP contribution in [-0.2, 0) is 19.1 Å². The van der Waals surface area contributed by atoms with Gasteiger partial charge in [0.25, 0.3) is 0 Å². The molecule has 4 bridgehead atoms. The van der Waals surface area contributed by atoms with Crippen molar-refractivity contribution in [3.63, 3.8) is 0 Å². The Kier molecular flexibility index (Phi) is 2.80. The first-order valence-electron chi connectivity index (χ1n) is 6.64. The van der Waals surface area contributed by atoms with Crippen molar-refractivity contribution in [1.29, 1.82) is 0 Å². The zero-order valence-electron chi connectivity index (χ0n) is 10.6. The van der Waals surface area contributed by atoms with Crippen LogP contribution >= 0.6 is 0 Å². The highest BCUT2D eigenvalue weighted by atomic mass is 19.3. The van der Waals surface area contributed by atoms with Crippen molar-refractivity contribution >= 4 is 11.9 Å². The average Bonchev–Trinajstić information content (AvgIpc) is 2.46. The van der Waals surface area contributed by atoms with Crippen LogP contribution in [0.5, 0.6) is 0 Å². The van der Waals surface area contributed by atoms with Crippen molar-refractivity contribution in [1.82, 2.24) is 0 Å². The minimum atomic E-state index is -3.51. The van der Waals surface area contributed by atoms with Gasteiger partial charge in [-0.1, -0.05) is 0 Å². The second-order valence-corrected chi connectivity index (χ2v) is 6.00. The van der Waals surface area contributed by atoms with Crippen LogP contribution in [-0.4, -0.2) is 30.1 Å². The average molecular weight is 274 g/mol. The molecule has 4 rings (SSSR count). The maximum Gasteiger partial charge on any atom is 0.377 e. The van der Waals surface area contributed by atoms with E-state index in [1.807, 2.05) is 0 Å². The minimum absolute atomic E-state index is 0.0275. The van der Waals surface area contributed by atoms with Gasteiger partial charge in [-0.15, -0.1) is 0 Å². The van der Waals surface area contributed by atoms with E-state index in [4.69, 9.17) is 9.47 Å². The van der Waals surface area contributed by atoms with E-state index in [0.717, 1.165) is 12.8 Å². The molecule has 4 nitrogen and oxygen atoms in total. The van der Waals surface area contributed by atoms with Crippen LogP contribution in [0.2, 0.25) is 0 Å². The molecule has 0 aromatic carbocycles. The van der Waals surface area contributed by atoms with Gasteiger partial charge in [0.05, 0.1) is 5.92 Å². The van der Waals surface area contributed by atoms with Crippen LogP contribution in [0.15, 0.2) is 0 Å². The van der Waals surface area contributed by atoms with Crippen molar-refractivity contribution < 1.29 is 27.8 Å². The lowest BCUT2D eigenvalue weighted by Crippen LogP contribution is -2.47. The molecule has 4 aliphatic rings. The first-order valence-corrected chi connectivity index (χ1v) is 6.64. The fraction of sp³-hybridized carbons (Fsp3) is 0.846. The number of hydrogen-bond acceptors (Lipinski definition) is 4. The molecule has 2 saturated carbocycles. The van der Waals surface area contributed by atoms with Crippen LogP contribution in [0.25, 0.3) is 0 Å². The van der Waals surface area contributed by atoms with Crippen molar-refractivity contribution in [3.05, 3.63) is 0 Å². The molecule has 6 heteroatoms. The Bertz CT molecular complexity index is 417. The summed E-state index contributed by atoms with van der Waals surface area (Å²) in [6.07, 6.45) is 1.59. The first-order chi connectivity index (χ1) is 8.84. The van der Waals surface area contributed by atoms with Crippen LogP contribution in [0.1, 0.15) is 32.6 Å². The SMILES string of the molecule is CC(F)(F)C(=O)OC1C2CC3CC(C2)C(=O)OC1C3. The van der Waals surface area contributed by atoms with Gasteiger partial charge in [0.15, 0.2) is 0 Å². The third kappa shape index (κ3) is 2.21. The summed E-state index contributed by atoms with van der Waals surface area (Å²) in [5.74, 6) is -5.09. The molecule has 2 aliphatic carbocycles. The molecule has 2 saturated heterocycles. The lowest BCUT2D eigenvalue weighted by Gasteiger charge is -2.41. The van der Waals surface area contributed by atoms with Crippen LogP contribution in [0.3, 0.4) is 0 Å². The molecule has 0 spiro atoms.